The van der Waals surface area contributed by atoms with E-state index >= 15 is 0 Å². The molecule has 0 spiro atoms. The number of nitrogens with one attached hydrogen (secondary N) is 2. The van der Waals surface area contributed by atoms with Crippen molar-refractivity contribution >= 4 is 23.2 Å². The number of carbonyl (C=O) groups is 2. The average molecular weight is 388 g/mol. The molecule has 0 aliphatic rings. The molecule has 0 unspecified atom stereocenters. The van der Waals surface area contributed by atoms with Crippen molar-refractivity contribution in [2.45, 2.75) is 13.1 Å². The van der Waals surface area contributed by atoms with Crippen LogP contribution < -0.4 is 10.6 Å². The Labute approximate surface area is 158 Å². The van der Waals surface area contributed by atoms with Crippen molar-refractivity contribution in [2.75, 3.05) is 10.6 Å². The van der Waals surface area contributed by atoms with Gasteiger partial charge in [0, 0.05) is 30.6 Å². The molecule has 3 rings (SSSR count). The zero-order chi connectivity index (χ0) is 20.3. The highest BCUT2D eigenvalue weighted by atomic mass is 19.4. The van der Waals surface area contributed by atoms with Crippen molar-refractivity contribution < 1.29 is 22.8 Å². The van der Waals surface area contributed by atoms with Gasteiger partial charge in [0.1, 0.15) is 0 Å². The first-order valence-corrected chi connectivity index (χ1v) is 8.14. The second kappa shape index (κ2) is 7.55. The van der Waals surface area contributed by atoms with Crippen LogP contribution in [0.15, 0.2) is 60.9 Å². The summed E-state index contributed by atoms with van der Waals surface area (Å²) in [7, 11) is 0. The van der Waals surface area contributed by atoms with E-state index in [1.54, 1.807) is 12.3 Å². The van der Waals surface area contributed by atoms with Gasteiger partial charge in [0.2, 0.25) is 5.91 Å². The number of anilines is 2. The summed E-state index contributed by atoms with van der Waals surface area (Å²) in [6.45, 7) is 1.35. The van der Waals surface area contributed by atoms with Gasteiger partial charge in [-0.1, -0.05) is 0 Å². The first kappa shape index (κ1) is 19.2. The minimum absolute atomic E-state index is 0.0329. The van der Waals surface area contributed by atoms with Gasteiger partial charge in [0.25, 0.3) is 5.91 Å². The van der Waals surface area contributed by atoms with Crippen molar-refractivity contribution in [1.29, 1.82) is 0 Å². The molecule has 0 saturated carbocycles. The lowest BCUT2D eigenvalue weighted by atomic mass is 10.1. The van der Waals surface area contributed by atoms with E-state index in [-0.39, 0.29) is 17.2 Å². The predicted molar refractivity (Wildman–Crippen MR) is 97.3 cm³/mol. The number of halogens is 3. The Kier molecular flexibility index (Phi) is 5.16. The SMILES string of the molecule is CC(=O)Nc1ccc(C(=O)Nc2cc(C(F)(F)F)ccc2-n2cccn2)cc1. The summed E-state index contributed by atoms with van der Waals surface area (Å²) in [5.41, 5.74) is 0.0914. The van der Waals surface area contributed by atoms with Crippen LogP contribution in [0.25, 0.3) is 5.69 Å². The van der Waals surface area contributed by atoms with Crippen LogP contribution in [0.3, 0.4) is 0 Å². The summed E-state index contributed by atoms with van der Waals surface area (Å²) >= 11 is 0. The quantitative estimate of drug-likeness (QED) is 0.707. The molecule has 1 heterocycles. The Morgan fingerprint density at radius 3 is 2.32 bits per heavy atom. The van der Waals surface area contributed by atoms with E-state index in [9.17, 15) is 22.8 Å². The predicted octanol–water partition coefficient (Wildman–Crippen LogP) is 4.10. The van der Waals surface area contributed by atoms with Gasteiger partial charge in [-0.05, 0) is 48.5 Å². The van der Waals surface area contributed by atoms with E-state index in [2.05, 4.69) is 15.7 Å². The molecule has 0 bridgehead atoms. The molecular formula is C19H15F3N4O2. The van der Waals surface area contributed by atoms with Gasteiger partial charge >= 0.3 is 6.18 Å². The number of hydrogen-bond donors (Lipinski definition) is 2. The average Bonchev–Trinajstić information content (AvgIpc) is 3.15. The molecule has 6 nitrogen and oxygen atoms in total. The number of nitrogens with zero attached hydrogens (tertiary/aromatic N) is 2. The number of carbonyl (C=O) groups excluding carboxylic acids is 2. The molecule has 0 saturated heterocycles. The largest absolute Gasteiger partial charge is 0.416 e. The highest BCUT2D eigenvalue weighted by Crippen LogP contribution is 2.33. The minimum atomic E-state index is -4.55. The molecule has 144 valence electrons. The lowest BCUT2D eigenvalue weighted by Gasteiger charge is -2.15. The van der Waals surface area contributed by atoms with E-state index in [1.807, 2.05) is 0 Å². The summed E-state index contributed by atoms with van der Waals surface area (Å²) in [6.07, 6.45) is -1.52. The summed E-state index contributed by atoms with van der Waals surface area (Å²) in [5.74, 6) is -0.855. The van der Waals surface area contributed by atoms with Crippen LogP contribution in [0.4, 0.5) is 24.5 Å². The minimum Gasteiger partial charge on any atom is -0.326 e. The van der Waals surface area contributed by atoms with Crippen LogP contribution in [0.1, 0.15) is 22.8 Å². The standard InChI is InChI=1S/C19H15F3N4O2/c1-12(27)24-15-6-3-13(4-7-15)18(28)25-16-11-14(19(20,21)22)5-8-17(16)26-10-2-9-23-26/h2-11H,1H3,(H,24,27)(H,25,28). The van der Waals surface area contributed by atoms with Crippen LogP contribution in [-0.4, -0.2) is 21.6 Å². The molecule has 0 fully saturated rings. The molecule has 2 aromatic carbocycles. The van der Waals surface area contributed by atoms with Gasteiger partial charge in [-0.15, -0.1) is 0 Å². The molecule has 0 aliphatic carbocycles. The lowest BCUT2D eigenvalue weighted by Crippen LogP contribution is -2.16. The first-order valence-electron chi connectivity index (χ1n) is 8.14. The van der Waals surface area contributed by atoms with Crippen LogP contribution in [0.5, 0.6) is 0 Å². The van der Waals surface area contributed by atoms with Crippen molar-refractivity contribution in [1.82, 2.24) is 9.78 Å². The van der Waals surface area contributed by atoms with Crippen molar-refractivity contribution in [2.24, 2.45) is 0 Å². The molecule has 2 N–H and O–H groups in total. The topological polar surface area (TPSA) is 76.0 Å². The van der Waals surface area contributed by atoms with Crippen molar-refractivity contribution in [3.05, 3.63) is 72.1 Å². The fourth-order valence-electron chi connectivity index (χ4n) is 2.53. The number of benzene rings is 2. The second-order valence-corrected chi connectivity index (χ2v) is 5.89. The Bertz CT molecular complexity index is 997. The third-order valence-electron chi connectivity index (χ3n) is 3.79. The first-order chi connectivity index (χ1) is 13.2. The zero-order valence-electron chi connectivity index (χ0n) is 14.6. The number of alkyl halides is 3. The fraction of sp³-hybridized carbons (Fsp3) is 0.105. The summed E-state index contributed by atoms with van der Waals surface area (Å²) < 4.78 is 40.6. The maximum Gasteiger partial charge on any atom is 0.416 e. The fourth-order valence-corrected chi connectivity index (χ4v) is 2.53. The normalized spacial score (nSPS) is 11.1. The van der Waals surface area contributed by atoms with Crippen LogP contribution >= 0.6 is 0 Å². The molecule has 3 aromatic rings. The van der Waals surface area contributed by atoms with Crippen LogP contribution in [0, 0.1) is 0 Å². The van der Waals surface area contributed by atoms with E-state index in [0.717, 1.165) is 12.1 Å². The Hall–Kier alpha value is -3.62. The maximum atomic E-state index is 13.1. The second-order valence-electron chi connectivity index (χ2n) is 5.89. The molecule has 9 heteroatoms. The highest BCUT2D eigenvalue weighted by Gasteiger charge is 2.31. The van der Waals surface area contributed by atoms with Gasteiger partial charge in [-0.3, -0.25) is 9.59 Å². The molecule has 28 heavy (non-hydrogen) atoms. The van der Waals surface area contributed by atoms with E-state index in [0.29, 0.717) is 11.4 Å². The summed E-state index contributed by atoms with van der Waals surface area (Å²) in [6, 6.07) is 10.6. The smallest absolute Gasteiger partial charge is 0.326 e. The number of rotatable bonds is 4. The molecule has 0 aliphatic heterocycles. The third kappa shape index (κ3) is 4.37. The molecular weight excluding hydrogens is 373 g/mol. The zero-order valence-corrected chi connectivity index (χ0v) is 14.6. The molecule has 0 radical (unpaired) electrons. The van der Waals surface area contributed by atoms with Gasteiger partial charge < -0.3 is 10.6 Å². The lowest BCUT2D eigenvalue weighted by molar-refractivity contribution is -0.137. The molecule has 2 amide bonds. The van der Waals surface area contributed by atoms with Crippen molar-refractivity contribution in [3.63, 3.8) is 0 Å². The number of hydrogen-bond acceptors (Lipinski definition) is 3. The van der Waals surface area contributed by atoms with Crippen LogP contribution in [0.2, 0.25) is 0 Å². The Morgan fingerprint density at radius 2 is 1.75 bits per heavy atom. The Morgan fingerprint density at radius 1 is 1.04 bits per heavy atom. The van der Waals surface area contributed by atoms with Gasteiger partial charge in [-0.2, -0.15) is 18.3 Å². The van der Waals surface area contributed by atoms with Gasteiger partial charge in [-0.25, -0.2) is 4.68 Å². The van der Waals surface area contributed by atoms with Gasteiger partial charge in [0.05, 0.1) is 16.9 Å². The van der Waals surface area contributed by atoms with E-state index in [1.165, 1.54) is 48.1 Å². The van der Waals surface area contributed by atoms with E-state index in [4.69, 9.17) is 0 Å². The Balaban J connectivity index is 1.91. The van der Waals surface area contributed by atoms with Gasteiger partial charge in [0.15, 0.2) is 0 Å². The van der Waals surface area contributed by atoms with Crippen LogP contribution in [-0.2, 0) is 11.0 Å². The number of aromatic nitrogens is 2. The highest BCUT2D eigenvalue weighted by molar-refractivity contribution is 6.05. The monoisotopic (exact) mass is 388 g/mol. The molecule has 1 aromatic heterocycles. The molecule has 0 atom stereocenters. The third-order valence-corrected chi connectivity index (χ3v) is 3.79. The number of amides is 2. The summed E-state index contributed by atoms with van der Waals surface area (Å²) in [5, 5.41) is 9.07. The van der Waals surface area contributed by atoms with E-state index < -0.39 is 17.6 Å². The van der Waals surface area contributed by atoms with Crippen molar-refractivity contribution in [3.8, 4) is 5.69 Å². The maximum absolute atomic E-state index is 13.1. The summed E-state index contributed by atoms with van der Waals surface area (Å²) in [4.78, 5) is 23.6.